The first-order chi connectivity index (χ1) is 10.0. The molecular weight excluding hydrogens is 406 g/mol. The van der Waals surface area contributed by atoms with Crippen molar-refractivity contribution in [2.24, 2.45) is 0 Å². The molecule has 2 aromatic carbocycles. The van der Waals surface area contributed by atoms with Crippen molar-refractivity contribution in [2.45, 2.75) is 6.61 Å². The first-order valence-corrected chi connectivity index (χ1v) is 7.41. The standard InChI is InChI=1S/C14H9Br2NO4/c15-11-5-10(7-18)14(12(16)6-11)21-8-9-3-1-2-4-13(9)17(19)20/h1-7H,8H2. The summed E-state index contributed by atoms with van der Waals surface area (Å²) in [5.41, 5.74) is 0.780. The molecule has 0 unspecified atom stereocenters. The number of nitro benzene ring substituents is 1. The van der Waals surface area contributed by atoms with Crippen LogP contribution in [0.3, 0.4) is 0 Å². The van der Waals surface area contributed by atoms with Gasteiger partial charge in [-0.3, -0.25) is 14.9 Å². The van der Waals surface area contributed by atoms with Gasteiger partial charge < -0.3 is 4.74 Å². The van der Waals surface area contributed by atoms with E-state index in [0.717, 1.165) is 4.47 Å². The van der Waals surface area contributed by atoms with E-state index in [0.29, 0.717) is 27.6 Å². The van der Waals surface area contributed by atoms with Crippen molar-refractivity contribution in [1.29, 1.82) is 0 Å². The van der Waals surface area contributed by atoms with Gasteiger partial charge in [-0.2, -0.15) is 0 Å². The second kappa shape index (κ2) is 6.82. The number of halogens is 2. The van der Waals surface area contributed by atoms with Gasteiger partial charge in [-0.25, -0.2) is 0 Å². The van der Waals surface area contributed by atoms with Gasteiger partial charge in [0.2, 0.25) is 0 Å². The van der Waals surface area contributed by atoms with Gasteiger partial charge in [-0.05, 0) is 34.1 Å². The van der Waals surface area contributed by atoms with Gasteiger partial charge in [0.1, 0.15) is 12.4 Å². The van der Waals surface area contributed by atoms with E-state index in [-0.39, 0.29) is 12.3 Å². The highest BCUT2D eigenvalue weighted by Crippen LogP contribution is 2.33. The summed E-state index contributed by atoms with van der Waals surface area (Å²) in [7, 11) is 0. The lowest BCUT2D eigenvalue weighted by Crippen LogP contribution is -2.02. The van der Waals surface area contributed by atoms with E-state index in [1.54, 1.807) is 30.3 Å². The molecule has 0 saturated carbocycles. The molecule has 5 nitrogen and oxygen atoms in total. The quantitative estimate of drug-likeness (QED) is 0.410. The Kier molecular flexibility index (Phi) is 5.08. The third-order valence-electron chi connectivity index (χ3n) is 2.72. The maximum Gasteiger partial charge on any atom is 0.276 e. The van der Waals surface area contributed by atoms with Crippen molar-refractivity contribution in [3.8, 4) is 5.75 Å². The largest absolute Gasteiger partial charge is 0.487 e. The Labute approximate surface area is 137 Å². The lowest BCUT2D eigenvalue weighted by Gasteiger charge is -2.11. The van der Waals surface area contributed by atoms with Crippen LogP contribution in [0.4, 0.5) is 5.69 Å². The van der Waals surface area contributed by atoms with Crippen LogP contribution in [-0.4, -0.2) is 11.2 Å². The molecule has 21 heavy (non-hydrogen) atoms. The van der Waals surface area contributed by atoms with Crippen molar-refractivity contribution < 1.29 is 14.5 Å². The molecule has 0 spiro atoms. The summed E-state index contributed by atoms with van der Waals surface area (Å²) in [6, 6.07) is 9.67. The predicted molar refractivity (Wildman–Crippen MR) is 84.7 cm³/mol. The topological polar surface area (TPSA) is 69.4 Å². The smallest absolute Gasteiger partial charge is 0.276 e. The fraction of sp³-hybridized carbons (Fsp3) is 0.0714. The summed E-state index contributed by atoms with van der Waals surface area (Å²) in [5.74, 6) is 0.353. The van der Waals surface area contributed by atoms with Gasteiger partial charge >= 0.3 is 0 Å². The second-order valence-corrected chi connectivity index (χ2v) is 5.87. The monoisotopic (exact) mass is 413 g/mol. The first-order valence-electron chi connectivity index (χ1n) is 5.82. The van der Waals surface area contributed by atoms with Crippen LogP contribution in [0.15, 0.2) is 45.3 Å². The molecule has 0 aliphatic heterocycles. The van der Waals surface area contributed by atoms with Crippen LogP contribution in [0.5, 0.6) is 5.75 Å². The number of nitro groups is 1. The van der Waals surface area contributed by atoms with Crippen LogP contribution >= 0.6 is 31.9 Å². The number of nitrogens with zero attached hydrogens (tertiary/aromatic N) is 1. The maximum absolute atomic E-state index is 11.1. The van der Waals surface area contributed by atoms with Gasteiger partial charge in [0, 0.05) is 10.5 Å². The Hall–Kier alpha value is -1.73. The van der Waals surface area contributed by atoms with Crippen molar-refractivity contribution in [3.63, 3.8) is 0 Å². The van der Waals surface area contributed by atoms with Gasteiger partial charge in [0.15, 0.2) is 6.29 Å². The molecule has 2 rings (SSSR count). The molecular formula is C14H9Br2NO4. The highest BCUT2D eigenvalue weighted by atomic mass is 79.9. The van der Waals surface area contributed by atoms with Crippen LogP contribution in [-0.2, 0) is 6.61 Å². The first kappa shape index (κ1) is 15.7. The molecule has 7 heteroatoms. The van der Waals surface area contributed by atoms with Crippen LogP contribution in [0.2, 0.25) is 0 Å². The predicted octanol–water partition coefficient (Wildman–Crippen LogP) is 4.51. The van der Waals surface area contributed by atoms with Gasteiger partial charge in [-0.1, -0.05) is 28.1 Å². The molecule has 2 aromatic rings. The number of para-hydroxylation sites is 1. The number of aldehydes is 1. The Morgan fingerprint density at radius 3 is 2.62 bits per heavy atom. The molecule has 0 amide bonds. The molecule has 108 valence electrons. The molecule has 0 saturated heterocycles. The van der Waals surface area contributed by atoms with E-state index in [4.69, 9.17) is 4.74 Å². The second-order valence-electron chi connectivity index (χ2n) is 4.10. The van der Waals surface area contributed by atoms with Gasteiger partial charge in [0.25, 0.3) is 5.69 Å². The summed E-state index contributed by atoms with van der Waals surface area (Å²) in [5, 5.41) is 10.9. The molecule has 0 bridgehead atoms. The summed E-state index contributed by atoms with van der Waals surface area (Å²) < 4.78 is 6.91. The molecule has 0 fully saturated rings. The molecule has 0 N–H and O–H groups in total. The van der Waals surface area contributed by atoms with Crippen LogP contribution in [0, 0.1) is 10.1 Å². The lowest BCUT2D eigenvalue weighted by molar-refractivity contribution is -0.385. The fourth-order valence-corrected chi connectivity index (χ4v) is 3.15. The van der Waals surface area contributed by atoms with Crippen LogP contribution < -0.4 is 4.74 Å². The zero-order valence-corrected chi connectivity index (χ0v) is 13.8. The molecule has 0 heterocycles. The number of ether oxygens (including phenoxy) is 1. The normalized spacial score (nSPS) is 10.2. The van der Waals surface area contributed by atoms with E-state index in [9.17, 15) is 14.9 Å². The van der Waals surface area contributed by atoms with Crippen molar-refractivity contribution in [2.75, 3.05) is 0 Å². The number of carbonyl (C=O) groups is 1. The molecule has 0 aliphatic carbocycles. The van der Waals surface area contributed by atoms with E-state index < -0.39 is 4.92 Å². The Morgan fingerprint density at radius 2 is 1.95 bits per heavy atom. The Morgan fingerprint density at radius 1 is 1.24 bits per heavy atom. The average Bonchev–Trinajstić information content (AvgIpc) is 2.45. The number of hydrogen-bond donors (Lipinski definition) is 0. The number of hydrogen-bond acceptors (Lipinski definition) is 4. The van der Waals surface area contributed by atoms with E-state index >= 15 is 0 Å². The minimum Gasteiger partial charge on any atom is -0.487 e. The van der Waals surface area contributed by atoms with Gasteiger partial charge in [-0.15, -0.1) is 0 Å². The third kappa shape index (κ3) is 3.68. The number of rotatable bonds is 5. The minimum atomic E-state index is -0.462. The highest BCUT2D eigenvalue weighted by Gasteiger charge is 2.15. The summed E-state index contributed by atoms with van der Waals surface area (Å²) in [6.07, 6.45) is 0.671. The molecule has 0 radical (unpaired) electrons. The zero-order valence-electron chi connectivity index (χ0n) is 10.6. The van der Waals surface area contributed by atoms with E-state index in [1.165, 1.54) is 6.07 Å². The van der Waals surface area contributed by atoms with Crippen molar-refractivity contribution >= 4 is 43.8 Å². The average molecular weight is 415 g/mol. The molecule has 0 aliphatic rings. The minimum absolute atomic E-state index is 0.00176. The third-order valence-corrected chi connectivity index (χ3v) is 3.77. The maximum atomic E-state index is 11.1. The van der Waals surface area contributed by atoms with Crippen LogP contribution in [0.25, 0.3) is 0 Å². The highest BCUT2D eigenvalue weighted by molar-refractivity contribution is 9.11. The zero-order chi connectivity index (χ0) is 15.4. The Balaban J connectivity index is 2.29. The summed E-state index contributed by atoms with van der Waals surface area (Å²) in [4.78, 5) is 21.6. The lowest BCUT2D eigenvalue weighted by atomic mass is 10.2. The SMILES string of the molecule is O=Cc1cc(Br)cc(Br)c1OCc1ccccc1[N+](=O)[O-]. The summed E-state index contributed by atoms with van der Waals surface area (Å²) in [6.45, 7) is -0.00176. The number of benzene rings is 2. The molecule has 0 atom stereocenters. The Bertz CT molecular complexity index is 703. The van der Waals surface area contributed by atoms with Crippen LogP contribution in [0.1, 0.15) is 15.9 Å². The summed E-state index contributed by atoms with van der Waals surface area (Å²) >= 11 is 6.59. The number of carbonyl (C=O) groups excluding carboxylic acids is 1. The van der Waals surface area contributed by atoms with E-state index in [1.807, 2.05) is 0 Å². The van der Waals surface area contributed by atoms with E-state index in [2.05, 4.69) is 31.9 Å². The van der Waals surface area contributed by atoms with Gasteiger partial charge in [0.05, 0.1) is 20.5 Å². The van der Waals surface area contributed by atoms with Crippen molar-refractivity contribution in [1.82, 2.24) is 0 Å². The van der Waals surface area contributed by atoms with Crippen molar-refractivity contribution in [3.05, 3.63) is 66.6 Å². The fourth-order valence-electron chi connectivity index (χ4n) is 1.78. The molecule has 0 aromatic heterocycles.